The minimum absolute atomic E-state index is 0.0431. The average Bonchev–Trinajstić information content (AvgIpc) is 2.97. The molecule has 1 N–H and O–H groups in total. The lowest BCUT2D eigenvalue weighted by atomic mass is 10.2. The van der Waals surface area contributed by atoms with Gasteiger partial charge in [-0.05, 0) is 31.7 Å². The molecule has 0 bridgehead atoms. The molecule has 0 saturated carbocycles. The Hall–Kier alpha value is -2.34. The van der Waals surface area contributed by atoms with Crippen LogP contribution in [-0.2, 0) is 0 Å². The molecule has 1 aromatic carbocycles. The first-order valence-electron chi connectivity index (χ1n) is 6.56. The summed E-state index contributed by atoms with van der Waals surface area (Å²) in [7, 11) is 0. The van der Waals surface area contributed by atoms with Gasteiger partial charge in [-0.2, -0.15) is 0 Å². The van der Waals surface area contributed by atoms with Crippen LogP contribution >= 0.6 is 0 Å². The summed E-state index contributed by atoms with van der Waals surface area (Å²) in [6.07, 6.45) is 3.34. The van der Waals surface area contributed by atoms with Crippen LogP contribution in [0.25, 0.3) is 22.5 Å². The van der Waals surface area contributed by atoms with E-state index in [4.69, 9.17) is 4.42 Å². The van der Waals surface area contributed by atoms with Gasteiger partial charge < -0.3 is 9.73 Å². The second-order valence-electron chi connectivity index (χ2n) is 4.48. The molecule has 20 heavy (non-hydrogen) atoms. The van der Waals surface area contributed by atoms with Crippen LogP contribution in [0.15, 0.2) is 35.0 Å². The molecule has 6 nitrogen and oxygen atoms in total. The van der Waals surface area contributed by atoms with E-state index in [-0.39, 0.29) is 6.04 Å². The number of nitrogens with zero attached hydrogens (tertiary/aromatic N) is 4. The highest BCUT2D eigenvalue weighted by molar-refractivity contribution is 5.78. The van der Waals surface area contributed by atoms with Crippen LogP contribution in [0, 0.1) is 0 Å². The molecule has 1 unspecified atom stereocenters. The molecule has 3 rings (SSSR count). The van der Waals surface area contributed by atoms with Crippen molar-refractivity contribution in [1.29, 1.82) is 0 Å². The second kappa shape index (κ2) is 5.34. The van der Waals surface area contributed by atoms with Gasteiger partial charge >= 0.3 is 0 Å². The average molecular weight is 269 g/mol. The Bertz CT molecular complexity index is 724. The van der Waals surface area contributed by atoms with Crippen molar-refractivity contribution < 1.29 is 4.42 Å². The van der Waals surface area contributed by atoms with Crippen molar-refractivity contribution in [3.05, 3.63) is 36.5 Å². The van der Waals surface area contributed by atoms with Gasteiger partial charge in [0.05, 0.1) is 17.1 Å². The standard InChI is InChI=1S/C14H15N5O/c1-3-15-9(2)13-18-19-14(20-13)10-4-5-11-12(8-10)17-7-6-16-11/h4-9,15H,3H2,1-2H3. The summed E-state index contributed by atoms with van der Waals surface area (Å²) >= 11 is 0. The van der Waals surface area contributed by atoms with E-state index in [0.717, 1.165) is 23.1 Å². The van der Waals surface area contributed by atoms with Gasteiger partial charge in [-0.1, -0.05) is 6.92 Å². The van der Waals surface area contributed by atoms with E-state index in [1.165, 1.54) is 0 Å². The SMILES string of the molecule is CCNC(C)c1nnc(-c2ccc3nccnc3c2)o1. The van der Waals surface area contributed by atoms with Crippen molar-refractivity contribution in [2.24, 2.45) is 0 Å². The lowest BCUT2D eigenvalue weighted by molar-refractivity contribution is 0.429. The van der Waals surface area contributed by atoms with Crippen LogP contribution in [0.1, 0.15) is 25.8 Å². The van der Waals surface area contributed by atoms with E-state index in [1.54, 1.807) is 12.4 Å². The quantitative estimate of drug-likeness (QED) is 0.783. The Balaban J connectivity index is 1.94. The normalized spacial score (nSPS) is 12.7. The highest BCUT2D eigenvalue weighted by atomic mass is 16.4. The first-order valence-corrected chi connectivity index (χ1v) is 6.56. The van der Waals surface area contributed by atoms with Gasteiger partial charge in [0.1, 0.15) is 0 Å². The molecule has 0 saturated heterocycles. The van der Waals surface area contributed by atoms with E-state index < -0.39 is 0 Å². The van der Waals surface area contributed by atoms with Crippen molar-refractivity contribution in [3.8, 4) is 11.5 Å². The molecule has 0 amide bonds. The van der Waals surface area contributed by atoms with Crippen LogP contribution < -0.4 is 5.32 Å². The largest absolute Gasteiger partial charge is 0.419 e. The molecule has 6 heteroatoms. The number of rotatable bonds is 4. The summed E-state index contributed by atoms with van der Waals surface area (Å²) in [4.78, 5) is 8.51. The topological polar surface area (TPSA) is 76.7 Å². The molecule has 0 aliphatic heterocycles. The summed E-state index contributed by atoms with van der Waals surface area (Å²) in [5.41, 5.74) is 2.50. The summed E-state index contributed by atoms with van der Waals surface area (Å²) in [6, 6.07) is 5.75. The Morgan fingerprint density at radius 2 is 1.95 bits per heavy atom. The Labute approximate surface area is 116 Å². The Morgan fingerprint density at radius 3 is 2.75 bits per heavy atom. The monoisotopic (exact) mass is 269 g/mol. The smallest absolute Gasteiger partial charge is 0.247 e. The highest BCUT2D eigenvalue weighted by Gasteiger charge is 2.14. The third-order valence-corrected chi connectivity index (χ3v) is 3.04. The van der Waals surface area contributed by atoms with Crippen LogP contribution in [-0.4, -0.2) is 26.7 Å². The molecular weight excluding hydrogens is 254 g/mol. The van der Waals surface area contributed by atoms with Crippen molar-refractivity contribution in [2.45, 2.75) is 19.9 Å². The molecule has 102 valence electrons. The molecule has 0 fully saturated rings. The van der Waals surface area contributed by atoms with Gasteiger partial charge in [-0.3, -0.25) is 9.97 Å². The highest BCUT2D eigenvalue weighted by Crippen LogP contribution is 2.23. The van der Waals surface area contributed by atoms with Gasteiger partial charge in [0.25, 0.3) is 0 Å². The molecule has 2 aromatic heterocycles. The summed E-state index contributed by atoms with van der Waals surface area (Å²) in [5, 5.41) is 11.4. The van der Waals surface area contributed by atoms with Crippen LogP contribution in [0.3, 0.4) is 0 Å². The zero-order valence-electron chi connectivity index (χ0n) is 11.4. The molecular formula is C14H15N5O. The second-order valence-corrected chi connectivity index (χ2v) is 4.48. The third kappa shape index (κ3) is 2.37. The molecule has 0 radical (unpaired) electrons. The number of hydrogen-bond donors (Lipinski definition) is 1. The molecule has 0 aliphatic rings. The molecule has 0 aliphatic carbocycles. The Kier molecular flexibility index (Phi) is 3.39. The van der Waals surface area contributed by atoms with E-state index in [1.807, 2.05) is 32.0 Å². The summed E-state index contributed by atoms with van der Waals surface area (Å²) in [5.74, 6) is 1.08. The van der Waals surface area contributed by atoms with E-state index in [2.05, 4.69) is 25.5 Å². The van der Waals surface area contributed by atoms with Crippen LogP contribution in [0.2, 0.25) is 0 Å². The van der Waals surface area contributed by atoms with E-state index in [0.29, 0.717) is 11.8 Å². The van der Waals surface area contributed by atoms with E-state index in [9.17, 15) is 0 Å². The van der Waals surface area contributed by atoms with Crippen molar-refractivity contribution in [1.82, 2.24) is 25.5 Å². The fourth-order valence-corrected chi connectivity index (χ4v) is 2.02. The van der Waals surface area contributed by atoms with Gasteiger partial charge in [0.15, 0.2) is 0 Å². The molecule has 0 spiro atoms. The van der Waals surface area contributed by atoms with Gasteiger partial charge in [-0.15, -0.1) is 10.2 Å². The first kappa shape index (κ1) is 12.7. The van der Waals surface area contributed by atoms with Gasteiger partial charge in [-0.25, -0.2) is 0 Å². The number of hydrogen-bond acceptors (Lipinski definition) is 6. The maximum atomic E-state index is 5.70. The summed E-state index contributed by atoms with van der Waals surface area (Å²) < 4.78 is 5.70. The maximum absolute atomic E-state index is 5.70. The fourth-order valence-electron chi connectivity index (χ4n) is 2.02. The lowest BCUT2D eigenvalue weighted by Crippen LogP contribution is -2.17. The van der Waals surface area contributed by atoms with Crippen molar-refractivity contribution in [2.75, 3.05) is 6.54 Å². The van der Waals surface area contributed by atoms with Crippen LogP contribution in [0.4, 0.5) is 0 Å². The van der Waals surface area contributed by atoms with Gasteiger partial charge in [0, 0.05) is 18.0 Å². The summed E-state index contributed by atoms with van der Waals surface area (Å²) in [6.45, 7) is 4.88. The first-order chi connectivity index (χ1) is 9.78. The molecule has 2 heterocycles. The minimum atomic E-state index is 0.0431. The predicted molar refractivity (Wildman–Crippen MR) is 74.9 cm³/mol. The number of nitrogens with one attached hydrogen (secondary N) is 1. The third-order valence-electron chi connectivity index (χ3n) is 3.04. The number of aromatic nitrogens is 4. The van der Waals surface area contributed by atoms with E-state index >= 15 is 0 Å². The maximum Gasteiger partial charge on any atom is 0.247 e. The lowest BCUT2D eigenvalue weighted by Gasteiger charge is -2.05. The predicted octanol–water partition coefficient (Wildman–Crippen LogP) is 2.35. The molecule has 3 aromatic rings. The zero-order valence-corrected chi connectivity index (χ0v) is 11.4. The van der Waals surface area contributed by atoms with Crippen molar-refractivity contribution in [3.63, 3.8) is 0 Å². The number of fused-ring (bicyclic) bond motifs is 1. The fraction of sp³-hybridized carbons (Fsp3) is 0.286. The number of benzene rings is 1. The zero-order chi connectivity index (χ0) is 13.9. The van der Waals surface area contributed by atoms with Crippen molar-refractivity contribution >= 4 is 11.0 Å². The minimum Gasteiger partial charge on any atom is -0.419 e. The molecule has 1 atom stereocenters. The van der Waals surface area contributed by atoms with Gasteiger partial charge in [0.2, 0.25) is 11.8 Å². The Morgan fingerprint density at radius 1 is 1.15 bits per heavy atom. The van der Waals surface area contributed by atoms with Crippen LogP contribution in [0.5, 0.6) is 0 Å².